The summed E-state index contributed by atoms with van der Waals surface area (Å²) < 4.78 is 0. The molecule has 1 heteroatoms. The molecule has 3 aromatic rings. The van der Waals surface area contributed by atoms with Crippen LogP contribution in [0.4, 0.5) is 0 Å². The van der Waals surface area contributed by atoms with Crippen molar-refractivity contribution in [3.05, 3.63) is 108 Å². The molecule has 3 rings (SSSR count). The molecule has 24 heavy (non-hydrogen) atoms. The standard InChI is InChI=1S/C23H22O/c1-19(24)23(22-15-9-4-10-16-22,17-20-11-5-2-6-12-20)18-21-13-7-3-8-14-21/h2-16H,17-18H2,1H3. The molecule has 0 aromatic heterocycles. The summed E-state index contributed by atoms with van der Waals surface area (Å²) in [5.74, 6) is 0.210. The molecular weight excluding hydrogens is 292 g/mol. The number of carbonyl (C=O) groups is 1. The van der Waals surface area contributed by atoms with E-state index in [0.717, 1.165) is 5.56 Å². The lowest BCUT2D eigenvalue weighted by molar-refractivity contribution is -0.122. The fraction of sp³-hybridized carbons (Fsp3) is 0.174. The first-order chi connectivity index (χ1) is 11.7. The number of hydrogen-bond acceptors (Lipinski definition) is 1. The van der Waals surface area contributed by atoms with Crippen LogP contribution in [0.3, 0.4) is 0 Å². The lowest BCUT2D eigenvalue weighted by Gasteiger charge is -2.32. The first-order valence-electron chi connectivity index (χ1n) is 8.35. The van der Waals surface area contributed by atoms with E-state index in [0.29, 0.717) is 12.8 Å². The van der Waals surface area contributed by atoms with E-state index in [1.54, 1.807) is 6.92 Å². The molecule has 0 amide bonds. The molecule has 0 saturated carbocycles. The van der Waals surface area contributed by atoms with E-state index in [-0.39, 0.29) is 5.78 Å². The first-order valence-corrected chi connectivity index (χ1v) is 8.35. The quantitative estimate of drug-likeness (QED) is 0.626. The second-order valence-corrected chi connectivity index (χ2v) is 6.33. The Bertz CT molecular complexity index is 735. The molecule has 0 unspecified atom stereocenters. The number of Topliss-reactive ketones (excluding diaryl/α,β-unsaturated/α-hetero) is 1. The zero-order chi connectivity index (χ0) is 16.8. The molecule has 0 fully saturated rings. The predicted molar refractivity (Wildman–Crippen MR) is 99.1 cm³/mol. The minimum Gasteiger partial charge on any atom is -0.299 e. The van der Waals surface area contributed by atoms with Gasteiger partial charge >= 0.3 is 0 Å². The van der Waals surface area contributed by atoms with Crippen LogP contribution in [-0.2, 0) is 23.1 Å². The minimum atomic E-state index is -0.538. The topological polar surface area (TPSA) is 17.1 Å². The summed E-state index contributed by atoms with van der Waals surface area (Å²) in [4.78, 5) is 12.9. The monoisotopic (exact) mass is 314 g/mol. The number of hydrogen-bond donors (Lipinski definition) is 0. The van der Waals surface area contributed by atoms with Gasteiger partial charge in [-0.05, 0) is 36.5 Å². The van der Waals surface area contributed by atoms with E-state index in [2.05, 4.69) is 36.4 Å². The normalized spacial score (nSPS) is 11.2. The van der Waals surface area contributed by atoms with Gasteiger partial charge in [0.15, 0.2) is 0 Å². The Kier molecular flexibility index (Phi) is 4.90. The van der Waals surface area contributed by atoms with Crippen LogP contribution in [0.5, 0.6) is 0 Å². The van der Waals surface area contributed by atoms with E-state index in [1.807, 2.05) is 54.6 Å². The number of rotatable bonds is 6. The van der Waals surface area contributed by atoms with Gasteiger partial charge in [0, 0.05) is 0 Å². The maximum absolute atomic E-state index is 12.9. The molecular formula is C23H22O. The molecule has 0 aliphatic heterocycles. The Hall–Kier alpha value is -2.67. The summed E-state index contributed by atoms with van der Waals surface area (Å²) in [7, 11) is 0. The molecule has 0 heterocycles. The molecule has 0 spiro atoms. The van der Waals surface area contributed by atoms with E-state index >= 15 is 0 Å². The van der Waals surface area contributed by atoms with E-state index < -0.39 is 5.41 Å². The zero-order valence-electron chi connectivity index (χ0n) is 14.0. The summed E-state index contributed by atoms with van der Waals surface area (Å²) in [6, 6.07) is 30.8. The van der Waals surface area contributed by atoms with Crippen molar-refractivity contribution in [2.75, 3.05) is 0 Å². The summed E-state index contributed by atoms with van der Waals surface area (Å²) in [5, 5.41) is 0. The maximum Gasteiger partial charge on any atom is 0.141 e. The van der Waals surface area contributed by atoms with Crippen LogP contribution in [-0.4, -0.2) is 5.78 Å². The van der Waals surface area contributed by atoms with Crippen LogP contribution < -0.4 is 0 Å². The van der Waals surface area contributed by atoms with Crippen LogP contribution in [0.15, 0.2) is 91.0 Å². The number of carbonyl (C=O) groups excluding carboxylic acids is 1. The molecule has 0 radical (unpaired) electrons. The van der Waals surface area contributed by atoms with Gasteiger partial charge in [0.2, 0.25) is 0 Å². The van der Waals surface area contributed by atoms with Crippen molar-refractivity contribution in [2.45, 2.75) is 25.2 Å². The van der Waals surface area contributed by atoms with Crippen LogP contribution >= 0.6 is 0 Å². The van der Waals surface area contributed by atoms with Crippen molar-refractivity contribution in [2.24, 2.45) is 0 Å². The van der Waals surface area contributed by atoms with Crippen molar-refractivity contribution in [3.8, 4) is 0 Å². The molecule has 1 nitrogen and oxygen atoms in total. The highest BCUT2D eigenvalue weighted by molar-refractivity contribution is 5.89. The van der Waals surface area contributed by atoms with E-state index in [1.165, 1.54) is 11.1 Å². The van der Waals surface area contributed by atoms with Gasteiger partial charge in [-0.3, -0.25) is 4.79 Å². The molecule has 0 aliphatic rings. The van der Waals surface area contributed by atoms with Gasteiger partial charge < -0.3 is 0 Å². The van der Waals surface area contributed by atoms with Gasteiger partial charge in [0.25, 0.3) is 0 Å². The third kappa shape index (κ3) is 3.46. The predicted octanol–water partition coefficient (Wildman–Crippen LogP) is 5.00. The van der Waals surface area contributed by atoms with E-state index in [9.17, 15) is 4.79 Å². The van der Waals surface area contributed by atoms with Crippen molar-refractivity contribution in [3.63, 3.8) is 0 Å². The smallest absolute Gasteiger partial charge is 0.141 e. The Morgan fingerprint density at radius 3 is 1.42 bits per heavy atom. The molecule has 0 N–H and O–H groups in total. The van der Waals surface area contributed by atoms with Crippen molar-refractivity contribution in [1.82, 2.24) is 0 Å². The van der Waals surface area contributed by atoms with Crippen molar-refractivity contribution in [1.29, 1.82) is 0 Å². The largest absolute Gasteiger partial charge is 0.299 e. The highest BCUT2D eigenvalue weighted by atomic mass is 16.1. The van der Waals surface area contributed by atoms with Crippen LogP contribution in [0, 0.1) is 0 Å². The minimum absolute atomic E-state index is 0.210. The average Bonchev–Trinajstić information content (AvgIpc) is 2.63. The highest BCUT2D eigenvalue weighted by Gasteiger charge is 2.37. The maximum atomic E-state index is 12.9. The Morgan fingerprint density at radius 2 is 1.04 bits per heavy atom. The lowest BCUT2D eigenvalue weighted by Crippen LogP contribution is -2.39. The number of ketones is 1. The van der Waals surface area contributed by atoms with Gasteiger partial charge in [0.05, 0.1) is 5.41 Å². The lowest BCUT2D eigenvalue weighted by atomic mass is 9.69. The molecule has 0 aliphatic carbocycles. The summed E-state index contributed by atoms with van der Waals surface area (Å²) in [5.41, 5.74) is 2.93. The highest BCUT2D eigenvalue weighted by Crippen LogP contribution is 2.33. The van der Waals surface area contributed by atoms with Gasteiger partial charge in [-0.15, -0.1) is 0 Å². The Labute approximate surface area is 144 Å². The van der Waals surface area contributed by atoms with Gasteiger partial charge in [-0.25, -0.2) is 0 Å². The molecule has 0 saturated heterocycles. The third-order valence-corrected chi connectivity index (χ3v) is 4.70. The van der Waals surface area contributed by atoms with E-state index in [4.69, 9.17) is 0 Å². The first kappa shape index (κ1) is 16.2. The summed E-state index contributed by atoms with van der Waals surface area (Å²) in [6.45, 7) is 1.72. The van der Waals surface area contributed by atoms with Gasteiger partial charge in [-0.1, -0.05) is 91.0 Å². The zero-order valence-corrected chi connectivity index (χ0v) is 14.0. The molecule has 0 atom stereocenters. The summed E-state index contributed by atoms with van der Waals surface area (Å²) in [6.07, 6.45) is 1.42. The molecule has 120 valence electrons. The molecule has 0 bridgehead atoms. The summed E-state index contributed by atoms with van der Waals surface area (Å²) >= 11 is 0. The fourth-order valence-corrected chi connectivity index (χ4v) is 3.36. The fourth-order valence-electron chi connectivity index (χ4n) is 3.36. The van der Waals surface area contributed by atoms with Gasteiger partial charge in [-0.2, -0.15) is 0 Å². The molecule has 3 aromatic carbocycles. The van der Waals surface area contributed by atoms with Crippen LogP contribution in [0.1, 0.15) is 23.6 Å². The third-order valence-electron chi connectivity index (χ3n) is 4.70. The van der Waals surface area contributed by atoms with Crippen molar-refractivity contribution < 1.29 is 4.79 Å². The number of benzene rings is 3. The van der Waals surface area contributed by atoms with Crippen molar-refractivity contribution >= 4 is 5.78 Å². The van der Waals surface area contributed by atoms with Crippen LogP contribution in [0.25, 0.3) is 0 Å². The average molecular weight is 314 g/mol. The second-order valence-electron chi connectivity index (χ2n) is 6.33. The van der Waals surface area contributed by atoms with Crippen LogP contribution in [0.2, 0.25) is 0 Å². The SMILES string of the molecule is CC(=O)C(Cc1ccccc1)(Cc1ccccc1)c1ccccc1. The second kappa shape index (κ2) is 7.27. The van der Waals surface area contributed by atoms with Gasteiger partial charge in [0.1, 0.15) is 5.78 Å². The Morgan fingerprint density at radius 1 is 0.667 bits per heavy atom. The Balaban J connectivity index is 2.08.